The average molecular weight is 467 g/mol. The SMILES string of the molecule is CCS(=O)(=O)CCOc1ccc(S(=O)(=O)NCC(C)N2CCc3ccccc3C2)cc1. The topological polar surface area (TPSA) is 92.8 Å². The summed E-state index contributed by atoms with van der Waals surface area (Å²) in [7, 11) is -6.74. The molecule has 170 valence electrons. The molecule has 0 saturated carbocycles. The summed E-state index contributed by atoms with van der Waals surface area (Å²) >= 11 is 0. The molecule has 1 unspecified atom stereocenters. The number of rotatable bonds is 10. The van der Waals surface area contributed by atoms with Crippen LogP contribution in [0.3, 0.4) is 0 Å². The quantitative estimate of drug-likeness (QED) is 0.577. The van der Waals surface area contributed by atoms with Crippen LogP contribution in [0.4, 0.5) is 0 Å². The Morgan fingerprint density at radius 2 is 1.71 bits per heavy atom. The Labute approximate surface area is 185 Å². The summed E-state index contributed by atoms with van der Waals surface area (Å²) in [6.07, 6.45) is 0.967. The van der Waals surface area contributed by atoms with Gasteiger partial charge in [0.05, 0.1) is 10.6 Å². The van der Waals surface area contributed by atoms with E-state index in [0.717, 1.165) is 19.5 Å². The second-order valence-electron chi connectivity index (χ2n) is 7.75. The lowest BCUT2D eigenvalue weighted by Crippen LogP contribution is -2.44. The van der Waals surface area contributed by atoms with Gasteiger partial charge in [-0.2, -0.15) is 0 Å². The predicted molar refractivity (Wildman–Crippen MR) is 121 cm³/mol. The summed E-state index contributed by atoms with van der Waals surface area (Å²) in [4.78, 5) is 2.43. The zero-order valence-electron chi connectivity index (χ0n) is 18.0. The van der Waals surface area contributed by atoms with Crippen LogP contribution < -0.4 is 9.46 Å². The minimum Gasteiger partial charge on any atom is -0.493 e. The van der Waals surface area contributed by atoms with Crippen LogP contribution in [0, 0.1) is 0 Å². The van der Waals surface area contributed by atoms with Crippen LogP contribution in [0.1, 0.15) is 25.0 Å². The molecule has 0 radical (unpaired) electrons. The van der Waals surface area contributed by atoms with E-state index in [1.807, 2.05) is 13.0 Å². The summed E-state index contributed by atoms with van der Waals surface area (Å²) in [5.41, 5.74) is 2.66. The second kappa shape index (κ2) is 10.1. The zero-order chi connectivity index (χ0) is 22.5. The van der Waals surface area contributed by atoms with Gasteiger partial charge in [-0.3, -0.25) is 4.90 Å². The first kappa shape index (κ1) is 23.7. The molecule has 31 heavy (non-hydrogen) atoms. The Hall–Kier alpha value is -1.94. The normalized spacial score (nSPS) is 15.9. The molecular weight excluding hydrogens is 436 g/mol. The van der Waals surface area contributed by atoms with Gasteiger partial charge in [0.2, 0.25) is 10.0 Å². The summed E-state index contributed by atoms with van der Waals surface area (Å²) < 4.78 is 56.5. The van der Waals surface area contributed by atoms with Gasteiger partial charge in [-0.05, 0) is 48.7 Å². The van der Waals surface area contributed by atoms with Crippen molar-refractivity contribution in [3.63, 3.8) is 0 Å². The first-order chi connectivity index (χ1) is 14.7. The third-order valence-corrected chi connectivity index (χ3v) is 8.70. The minimum absolute atomic E-state index is 0.0387. The molecule has 0 amide bonds. The van der Waals surface area contributed by atoms with Crippen molar-refractivity contribution in [2.45, 2.75) is 37.8 Å². The van der Waals surface area contributed by atoms with E-state index in [9.17, 15) is 16.8 Å². The minimum atomic E-state index is -3.65. The molecule has 1 aliphatic rings. The van der Waals surface area contributed by atoms with Crippen LogP contribution in [0.25, 0.3) is 0 Å². The first-order valence-electron chi connectivity index (χ1n) is 10.4. The van der Waals surface area contributed by atoms with Gasteiger partial charge in [-0.15, -0.1) is 0 Å². The monoisotopic (exact) mass is 466 g/mol. The number of hydrogen-bond acceptors (Lipinski definition) is 6. The molecule has 1 aliphatic heterocycles. The van der Waals surface area contributed by atoms with Crippen LogP contribution in [-0.2, 0) is 32.8 Å². The fraction of sp³-hybridized carbons (Fsp3) is 0.455. The van der Waals surface area contributed by atoms with Crippen molar-refractivity contribution in [1.82, 2.24) is 9.62 Å². The van der Waals surface area contributed by atoms with Gasteiger partial charge in [0.25, 0.3) is 0 Å². The Balaban J connectivity index is 1.52. The number of ether oxygens (including phenoxy) is 1. The molecule has 0 fully saturated rings. The van der Waals surface area contributed by atoms with Crippen LogP contribution >= 0.6 is 0 Å². The number of benzene rings is 2. The molecule has 7 nitrogen and oxygen atoms in total. The van der Waals surface area contributed by atoms with Gasteiger partial charge < -0.3 is 4.74 Å². The van der Waals surface area contributed by atoms with Crippen LogP contribution in [0.2, 0.25) is 0 Å². The van der Waals surface area contributed by atoms with Crippen LogP contribution in [0.5, 0.6) is 5.75 Å². The summed E-state index contributed by atoms with van der Waals surface area (Å²) in [5, 5.41) is 0. The van der Waals surface area contributed by atoms with E-state index < -0.39 is 19.9 Å². The van der Waals surface area contributed by atoms with E-state index in [4.69, 9.17) is 4.74 Å². The molecule has 0 aliphatic carbocycles. The molecule has 0 bridgehead atoms. The maximum Gasteiger partial charge on any atom is 0.240 e. The van der Waals surface area contributed by atoms with Crippen molar-refractivity contribution in [2.24, 2.45) is 0 Å². The van der Waals surface area contributed by atoms with E-state index in [2.05, 4.69) is 27.8 Å². The van der Waals surface area contributed by atoms with Gasteiger partial charge in [-0.25, -0.2) is 21.6 Å². The van der Waals surface area contributed by atoms with Crippen LogP contribution in [0.15, 0.2) is 53.4 Å². The van der Waals surface area contributed by atoms with Crippen molar-refractivity contribution in [1.29, 1.82) is 0 Å². The molecule has 2 aromatic carbocycles. The largest absolute Gasteiger partial charge is 0.493 e. The molecule has 1 atom stereocenters. The highest BCUT2D eigenvalue weighted by atomic mass is 32.2. The fourth-order valence-electron chi connectivity index (χ4n) is 3.48. The lowest BCUT2D eigenvalue weighted by Gasteiger charge is -2.33. The van der Waals surface area contributed by atoms with Gasteiger partial charge in [0.15, 0.2) is 9.84 Å². The van der Waals surface area contributed by atoms with Crippen LogP contribution in [-0.4, -0.2) is 59.0 Å². The molecule has 9 heteroatoms. The maximum atomic E-state index is 12.7. The zero-order valence-corrected chi connectivity index (χ0v) is 19.6. The number of sulfone groups is 1. The average Bonchev–Trinajstić information content (AvgIpc) is 2.77. The predicted octanol–water partition coefficient (Wildman–Crippen LogP) is 2.23. The van der Waals surface area contributed by atoms with Crippen molar-refractivity contribution < 1.29 is 21.6 Å². The molecule has 0 spiro atoms. The van der Waals surface area contributed by atoms with Crippen molar-refractivity contribution in [2.75, 3.05) is 31.2 Å². The fourth-order valence-corrected chi connectivity index (χ4v) is 5.23. The molecule has 3 rings (SSSR count). The Morgan fingerprint density at radius 3 is 2.39 bits per heavy atom. The van der Waals surface area contributed by atoms with E-state index in [1.165, 1.54) is 35.4 Å². The number of nitrogens with one attached hydrogen (secondary N) is 1. The molecule has 1 N–H and O–H groups in total. The highest BCUT2D eigenvalue weighted by molar-refractivity contribution is 7.91. The van der Waals surface area contributed by atoms with E-state index in [0.29, 0.717) is 12.3 Å². The number of sulfonamides is 1. The van der Waals surface area contributed by atoms with E-state index in [-0.39, 0.29) is 29.0 Å². The third-order valence-electron chi connectivity index (χ3n) is 5.59. The second-order valence-corrected chi connectivity index (χ2v) is 12.0. The highest BCUT2D eigenvalue weighted by Crippen LogP contribution is 2.20. The Kier molecular flexibility index (Phi) is 7.74. The van der Waals surface area contributed by atoms with Crippen molar-refractivity contribution in [3.8, 4) is 5.75 Å². The molecule has 0 saturated heterocycles. The molecule has 2 aromatic rings. The standard InChI is InChI=1S/C22H30N2O5S2/c1-3-30(25,26)15-14-29-21-8-10-22(11-9-21)31(27,28)23-16-18(2)24-13-12-19-6-4-5-7-20(19)17-24/h4-11,18,23H,3,12-17H2,1-2H3. The lowest BCUT2D eigenvalue weighted by atomic mass is 9.99. The van der Waals surface area contributed by atoms with Gasteiger partial charge in [-0.1, -0.05) is 31.2 Å². The van der Waals surface area contributed by atoms with Gasteiger partial charge in [0.1, 0.15) is 12.4 Å². The lowest BCUT2D eigenvalue weighted by molar-refractivity contribution is 0.192. The molecular formula is C22H30N2O5S2. The highest BCUT2D eigenvalue weighted by Gasteiger charge is 2.22. The number of nitrogens with zero attached hydrogens (tertiary/aromatic N) is 1. The van der Waals surface area contributed by atoms with Crippen molar-refractivity contribution in [3.05, 3.63) is 59.7 Å². The van der Waals surface area contributed by atoms with Gasteiger partial charge in [0, 0.05) is 31.4 Å². The number of fused-ring (bicyclic) bond motifs is 1. The van der Waals surface area contributed by atoms with E-state index in [1.54, 1.807) is 6.92 Å². The summed E-state index contributed by atoms with van der Waals surface area (Å²) in [6.45, 7) is 5.69. The third kappa shape index (κ3) is 6.52. The molecule has 1 heterocycles. The van der Waals surface area contributed by atoms with Crippen molar-refractivity contribution >= 4 is 19.9 Å². The summed E-state index contributed by atoms with van der Waals surface area (Å²) in [6, 6.07) is 14.4. The Bertz CT molecular complexity index is 1080. The maximum absolute atomic E-state index is 12.7. The van der Waals surface area contributed by atoms with E-state index >= 15 is 0 Å². The number of hydrogen-bond donors (Lipinski definition) is 1. The van der Waals surface area contributed by atoms with Gasteiger partial charge >= 0.3 is 0 Å². The smallest absolute Gasteiger partial charge is 0.240 e. The summed E-state index contributed by atoms with van der Waals surface area (Å²) in [5.74, 6) is 0.441. The molecule has 0 aromatic heterocycles. The Morgan fingerprint density at radius 1 is 1.03 bits per heavy atom. The first-order valence-corrected chi connectivity index (χ1v) is 13.7.